The van der Waals surface area contributed by atoms with Gasteiger partial charge in [-0.25, -0.2) is 9.37 Å². The number of piperidine rings is 1. The van der Waals surface area contributed by atoms with E-state index in [0.29, 0.717) is 12.5 Å². The summed E-state index contributed by atoms with van der Waals surface area (Å²) in [5, 5.41) is 1.08. The molecule has 164 valence electrons. The summed E-state index contributed by atoms with van der Waals surface area (Å²) in [5.74, 6) is 0.398. The van der Waals surface area contributed by atoms with Gasteiger partial charge in [0.15, 0.2) is 0 Å². The average molecular weight is 423 g/mol. The quantitative estimate of drug-likeness (QED) is 0.530. The minimum Gasteiger partial charge on any atom is -0.481 e. The molecule has 0 aliphatic carbocycles. The maximum atomic E-state index is 13.6. The highest BCUT2D eigenvalue weighted by molar-refractivity contribution is 5.83. The van der Waals surface area contributed by atoms with Gasteiger partial charge >= 0.3 is 0 Å². The Morgan fingerprint density at radius 1 is 1.10 bits per heavy atom. The van der Waals surface area contributed by atoms with E-state index in [1.54, 1.807) is 19.2 Å². The van der Waals surface area contributed by atoms with Crippen molar-refractivity contribution in [3.8, 4) is 5.88 Å². The first-order valence-electron chi connectivity index (χ1n) is 10.9. The molecule has 0 N–H and O–H groups in total. The van der Waals surface area contributed by atoms with Crippen molar-refractivity contribution >= 4 is 10.9 Å². The number of fused-ring (bicyclic) bond motifs is 1. The molecule has 1 aromatic heterocycles. The van der Waals surface area contributed by atoms with Gasteiger partial charge in [0.2, 0.25) is 5.88 Å². The number of hydrogen-bond donors (Lipinski definition) is 0. The molecular weight excluding hydrogens is 391 g/mol. The van der Waals surface area contributed by atoms with Gasteiger partial charge in [0, 0.05) is 22.4 Å². The molecule has 1 fully saturated rings. The lowest BCUT2D eigenvalue weighted by atomic mass is 9.73. The highest BCUT2D eigenvalue weighted by Gasteiger charge is 2.36. The van der Waals surface area contributed by atoms with E-state index in [2.05, 4.69) is 37.9 Å². The maximum absolute atomic E-state index is 13.6. The highest BCUT2D eigenvalue weighted by atomic mass is 19.1. The number of aryl methyl sites for hydroxylation is 1. The third-order valence-electron chi connectivity index (χ3n) is 6.60. The van der Waals surface area contributed by atoms with Crippen LogP contribution in [0.2, 0.25) is 0 Å². The fourth-order valence-corrected chi connectivity index (χ4v) is 4.56. The lowest BCUT2D eigenvalue weighted by Gasteiger charge is -2.41. The van der Waals surface area contributed by atoms with Crippen molar-refractivity contribution in [3.05, 3.63) is 71.0 Å². The molecule has 1 aliphatic rings. The molecule has 0 spiro atoms. The number of halogens is 1. The zero-order valence-electron chi connectivity index (χ0n) is 18.8. The maximum Gasteiger partial charge on any atom is 0.213 e. The molecule has 0 amide bonds. The number of aromatic nitrogens is 1. The van der Waals surface area contributed by atoms with E-state index in [4.69, 9.17) is 14.5 Å². The average Bonchev–Trinajstić information content (AvgIpc) is 2.78. The van der Waals surface area contributed by atoms with E-state index >= 15 is 0 Å². The molecule has 3 aromatic rings. The number of ether oxygens (including phenoxy) is 2. The van der Waals surface area contributed by atoms with Gasteiger partial charge in [-0.05, 0) is 76.7 Å². The molecule has 0 bridgehead atoms. The fourth-order valence-electron chi connectivity index (χ4n) is 4.56. The van der Waals surface area contributed by atoms with Gasteiger partial charge < -0.3 is 14.4 Å². The molecule has 2 aromatic carbocycles. The van der Waals surface area contributed by atoms with Crippen LogP contribution in [0.5, 0.6) is 5.88 Å². The molecule has 31 heavy (non-hydrogen) atoms. The number of methoxy groups -OCH3 is 1. The molecule has 4 nitrogen and oxygen atoms in total. The monoisotopic (exact) mass is 422 g/mol. The minimum absolute atomic E-state index is 0.112. The topological polar surface area (TPSA) is 34.6 Å². The van der Waals surface area contributed by atoms with Crippen LogP contribution in [0.3, 0.4) is 0 Å². The summed E-state index contributed by atoms with van der Waals surface area (Å²) in [7, 11) is 3.78. The molecule has 4 rings (SSSR count). The van der Waals surface area contributed by atoms with Crippen LogP contribution >= 0.6 is 0 Å². The van der Waals surface area contributed by atoms with Crippen molar-refractivity contribution in [3.63, 3.8) is 0 Å². The van der Waals surface area contributed by atoms with E-state index < -0.39 is 0 Å². The first-order chi connectivity index (χ1) is 14.9. The fraction of sp³-hybridized carbons (Fsp3) is 0.423. The van der Waals surface area contributed by atoms with Crippen molar-refractivity contribution in [2.45, 2.75) is 38.2 Å². The Bertz CT molecular complexity index is 1040. The second-order valence-electron chi connectivity index (χ2n) is 8.82. The zero-order valence-corrected chi connectivity index (χ0v) is 18.8. The Balaban J connectivity index is 1.62. The molecule has 1 aliphatic heterocycles. The molecule has 1 atom stereocenters. The Morgan fingerprint density at radius 2 is 1.81 bits per heavy atom. The molecule has 5 heteroatoms. The van der Waals surface area contributed by atoms with Crippen molar-refractivity contribution in [1.82, 2.24) is 9.88 Å². The van der Waals surface area contributed by atoms with E-state index in [-0.39, 0.29) is 17.3 Å². The molecular formula is C26H31FN2O2. The third-order valence-corrected chi connectivity index (χ3v) is 6.60. The Morgan fingerprint density at radius 3 is 2.48 bits per heavy atom. The molecule has 1 unspecified atom stereocenters. The summed E-state index contributed by atoms with van der Waals surface area (Å²) in [6, 6.07) is 15.2. The lowest BCUT2D eigenvalue weighted by Crippen LogP contribution is -2.44. The summed E-state index contributed by atoms with van der Waals surface area (Å²) in [6.45, 7) is 6.77. The van der Waals surface area contributed by atoms with Crippen LogP contribution in [-0.4, -0.2) is 43.7 Å². The van der Waals surface area contributed by atoms with Crippen LogP contribution in [-0.2, 0) is 10.2 Å². The van der Waals surface area contributed by atoms with Crippen LogP contribution in [0.1, 0.15) is 42.6 Å². The van der Waals surface area contributed by atoms with E-state index in [0.717, 1.165) is 48.0 Å². The summed E-state index contributed by atoms with van der Waals surface area (Å²) >= 11 is 0. The van der Waals surface area contributed by atoms with Gasteiger partial charge in [-0.2, -0.15) is 0 Å². The summed E-state index contributed by atoms with van der Waals surface area (Å²) in [5.41, 5.74) is 4.20. The van der Waals surface area contributed by atoms with Crippen LogP contribution < -0.4 is 4.74 Å². The first kappa shape index (κ1) is 21.7. The number of hydrogen-bond acceptors (Lipinski definition) is 4. The standard InChI is InChI=1S/C26H31FN2O2/c1-18-15-20-5-10-24(30-4)28-25(20)23(16-18)19(2)31-17-26(11-13-29(3)14-12-26)21-6-8-22(27)9-7-21/h5-10,15-16,19H,11-14,17H2,1-4H3. The minimum atomic E-state index is -0.202. The second kappa shape index (κ2) is 8.93. The number of benzene rings is 2. The predicted molar refractivity (Wildman–Crippen MR) is 122 cm³/mol. The second-order valence-corrected chi connectivity index (χ2v) is 8.82. The Kier molecular flexibility index (Phi) is 6.26. The van der Waals surface area contributed by atoms with Crippen LogP contribution in [0.25, 0.3) is 10.9 Å². The van der Waals surface area contributed by atoms with Crippen LogP contribution in [0.4, 0.5) is 4.39 Å². The van der Waals surface area contributed by atoms with Crippen LogP contribution in [0.15, 0.2) is 48.5 Å². The SMILES string of the molecule is COc1ccc2cc(C)cc(C(C)OCC3(c4ccc(F)cc4)CCN(C)CC3)c2n1. The molecule has 1 saturated heterocycles. The van der Waals surface area contributed by atoms with Gasteiger partial charge in [-0.3, -0.25) is 0 Å². The number of rotatable bonds is 6. The third kappa shape index (κ3) is 4.58. The largest absolute Gasteiger partial charge is 0.481 e. The first-order valence-corrected chi connectivity index (χ1v) is 10.9. The number of nitrogens with zero attached hydrogens (tertiary/aromatic N) is 2. The van der Waals surface area contributed by atoms with Gasteiger partial charge in [0.25, 0.3) is 0 Å². The van der Waals surface area contributed by atoms with Crippen molar-refractivity contribution in [2.24, 2.45) is 0 Å². The van der Waals surface area contributed by atoms with Gasteiger partial charge in [0.05, 0.1) is 25.3 Å². The summed E-state index contributed by atoms with van der Waals surface area (Å²) in [4.78, 5) is 7.04. The van der Waals surface area contributed by atoms with Gasteiger partial charge in [-0.15, -0.1) is 0 Å². The van der Waals surface area contributed by atoms with Crippen molar-refractivity contribution in [1.29, 1.82) is 0 Å². The van der Waals surface area contributed by atoms with Gasteiger partial charge in [-0.1, -0.05) is 23.8 Å². The molecule has 0 saturated carbocycles. The van der Waals surface area contributed by atoms with E-state index in [9.17, 15) is 4.39 Å². The summed E-state index contributed by atoms with van der Waals surface area (Å²) in [6.07, 6.45) is 1.85. The van der Waals surface area contributed by atoms with E-state index in [1.807, 2.05) is 24.3 Å². The lowest BCUT2D eigenvalue weighted by molar-refractivity contribution is 0.00694. The zero-order chi connectivity index (χ0) is 22.0. The normalized spacial score (nSPS) is 17.6. The number of likely N-dealkylation sites (tertiary alicyclic amines) is 1. The smallest absolute Gasteiger partial charge is 0.213 e. The number of pyridine rings is 1. The summed E-state index contributed by atoms with van der Waals surface area (Å²) < 4.78 is 25.5. The predicted octanol–water partition coefficient (Wildman–Crippen LogP) is 5.43. The Labute approximate surface area is 184 Å². The Hall–Kier alpha value is -2.50. The van der Waals surface area contributed by atoms with Crippen LogP contribution in [0, 0.1) is 12.7 Å². The van der Waals surface area contributed by atoms with E-state index in [1.165, 1.54) is 5.56 Å². The molecule has 2 heterocycles. The highest BCUT2D eigenvalue weighted by Crippen LogP contribution is 2.38. The van der Waals surface area contributed by atoms with Crippen molar-refractivity contribution < 1.29 is 13.9 Å². The van der Waals surface area contributed by atoms with Crippen molar-refractivity contribution in [2.75, 3.05) is 33.9 Å². The molecule has 0 radical (unpaired) electrons. The van der Waals surface area contributed by atoms with Gasteiger partial charge in [0.1, 0.15) is 5.82 Å².